The predicted molar refractivity (Wildman–Crippen MR) is 158 cm³/mol. The first kappa shape index (κ1) is 30.5. The lowest BCUT2D eigenvalue weighted by molar-refractivity contribution is -0.140. The molecule has 3 aromatic rings. The summed E-state index contributed by atoms with van der Waals surface area (Å²) in [5.74, 6) is -0.941. The maximum atomic E-state index is 14.0. The Balaban J connectivity index is 2.09. The highest BCUT2D eigenvalue weighted by atomic mass is 35.5. The van der Waals surface area contributed by atoms with Crippen molar-refractivity contribution in [1.82, 2.24) is 10.2 Å². The van der Waals surface area contributed by atoms with Gasteiger partial charge in [0.2, 0.25) is 21.8 Å². The van der Waals surface area contributed by atoms with E-state index in [0.29, 0.717) is 21.3 Å². The quantitative estimate of drug-likeness (QED) is 0.331. The average Bonchev–Trinajstić information content (AvgIpc) is 2.86. The van der Waals surface area contributed by atoms with Gasteiger partial charge >= 0.3 is 0 Å². The van der Waals surface area contributed by atoms with Crippen LogP contribution in [-0.4, -0.2) is 50.0 Å². The lowest BCUT2D eigenvalue weighted by Gasteiger charge is -2.34. The first-order valence-electron chi connectivity index (χ1n) is 12.5. The Kier molecular flexibility index (Phi) is 10.4. The minimum Gasteiger partial charge on any atom is -0.352 e. The first-order valence-corrected chi connectivity index (χ1v) is 15.1. The summed E-state index contributed by atoms with van der Waals surface area (Å²) in [6.45, 7) is 4.95. The molecule has 1 unspecified atom stereocenters. The second-order valence-electron chi connectivity index (χ2n) is 9.70. The molecule has 7 nitrogen and oxygen atoms in total. The monoisotopic (exact) mass is 589 g/mol. The molecular formula is C29H33Cl2N3O4S. The van der Waals surface area contributed by atoms with E-state index >= 15 is 0 Å². The van der Waals surface area contributed by atoms with Gasteiger partial charge < -0.3 is 10.2 Å². The highest BCUT2D eigenvalue weighted by Crippen LogP contribution is 2.28. The molecule has 1 atom stereocenters. The summed E-state index contributed by atoms with van der Waals surface area (Å²) in [6.07, 6.45) is 1.25. The van der Waals surface area contributed by atoms with Gasteiger partial charge in [0.05, 0.1) is 11.9 Å². The largest absolute Gasteiger partial charge is 0.352 e. The standard InChI is InChI=1S/C29H33Cl2N3O4S/c1-20(2)32-29(36)27(17-22-9-6-5-7-10-22)33(18-24-25(30)11-8-12-26(24)31)28(35)19-34(39(4,37)38)23-15-13-21(3)14-16-23/h5-16,20,27H,17-19H2,1-4H3,(H,32,36). The van der Waals surface area contributed by atoms with Crippen molar-refractivity contribution in [2.45, 2.75) is 45.8 Å². The molecule has 39 heavy (non-hydrogen) atoms. The van der Waals surface area contributed by atoms with Gasteiger partial charge in [-0.05, 0) is 50.6 Å². The van der Waals surface area contributed by atoms with Gasteiger partial charge in [0, 0.05) is 34.6 Å². The third-order valence-electron chi connectivity index (χ3n) is 6.09. The zero-order valence-electron chi connectivity index (χ0n) is 22.4. The summed E-state index contributed by atoms with van der Waals surface area (Å²) >= 11 is 12.9. The van der Waals surface area contributed by atoms with E-state index in [-0.39, 0.29) is 24.9 Å². The van der Waals surface area contributed by atoms with E-state index in [1.807, 2.05) is 51.1 Å². The Hall–Kier alpha value is -3.07. The van der Waals surface area contributed by atoms with Crippen LogP contribution in [0.15, 0.2) is 72.8 Å². The summed E-state index contributed by atoms with van der Waals surface area (Å²) in [5.41, 5.74) is 2.59. The van der Waals surface area contributed by atoms with Crippen molar-refractivity contribution in [2.24, 2.45) is 0 Å². The number of carbonyl (C=O) groups excluding carboxylic acids is 2. The van der Waals surface area contributed by atoms with E-state index in [4.69, 9.17) is 23.2 Å². The number of nitrogens with zero attached hydrogens (tertiary/aromatic N) is 2. The van der Waals surface area contributed by atoms with Gasteiger partial charge in [-0.25, -0.2) is 8.42 Å². The van der Waals surface area contributed by atoms with E-state index < -0.39 is 28.5 Å². The van der Waals surface area contributed by atoms with Crippen molar-refractivity contribution in [3.8, 4) is 0 Å². The lowest BCUT2D eigenvalue weighted by Crippen LogP contribution is -2.54. The van der Waals surface area contributed by atoms with Crippen LogP contribution in [0.3, 0.4) is 0 Å². The number of benzene rings is 3. The van der Waals surface area contributed by atoms with Crippen LogP contribution in [0.5, 0.6) is 0 Å². The van der Waals surface area contributed by atoms with Gasteiger partial charge in [-0.3, -0.25) is 13.9 Å². The number of amides is 2. The summed E-state index contributed by atoms with van der Waals surface area (Å²) in [4.78, 5) is 29.0. The van der Waals surface area contributed by atoms with E-state index in [0.717, 1.165) is 21.7 Å². The molecule has 0 aliphatic carbocycles. The molecule has 0 saturated carbocycles. The Morgan fingerprint density at radius 1 is 0.897 bits per heavy atom. The number of aryl methyl sites for hydroxylation is 1. The van der Waals surface area contributed by atoms with Crippen molar-refractivity contribution in [1.29, 1.82) is 0 Å². The van der Waals surface area contributed by atoms with Gasteiger partial charge in [-0.1, -0.05) is 77.3 Å². The Morgan fingerprint density at radius 2 is 1.49 bits per heavy atom. The van der Waals surface area contributed by atoms with E-state index in [1.54, 1.807) is 42.5 Å². The number of anilines is 1. The molecule has 3 aromatic carbocycles. The highest BCUT2D eigenvalue weighted by Gasteiger charge is 2.34. The fraction of sp³-hybridized carbons (Fsp3) is 0.310. The van der Waals surface area contributed by atoms with Gasteiger partial charge in [0.1, 0.15) is 12.6 Å². The van der Waals surface area contributed by atoms with Crippen molar-refractivity contribution in [3.63, 3.8) is 0 Å². The zero-order chi connectivity index (χ0) is 28.7. The number of rotatable bonds is 11. The van der Waals surface area contributed by atoms with Crippen LogP contribution >= 0.6 is 23.2 Å². The summed E-state index contributed by atoms with van der Waals surface area (Å²) in [6, 6.07) is 20.0. The van der Waals surface area contributed by atoms with Crippen molar-refractivity contribution < 1.29 is 18.0 Å². The highest BCUT2D eigenvalue weighted by molar-refractivity contribution is 7.92. The van der Waals surface area contributed by atoms with Crippen LogP contribution in [0.25, 0.3) is 0 Å². The molecule has 0 fully saturated rings. The molecule has 0 aromatic heterocycles. The topological polar surface area (TPSA) is 86.8 Å². The minimum absolute atomic E-state index is 0.0914. The second kappa shape index (κ2) is 13.3. The normalized spacial score (nSPS) is 12.2. The number of halogens is 2. The number of hydrogen-bond acceptors (Lipinski definition) is 4. The molecule has 0 aliphatic heterocycles. The molecule has 0 aliphatic rings. The SMILES string of the molecule is Cc1ccc(N(CC(=O)N(Cc2c(Cl)cccc2Cl)C(Cc2ccccc2)C(=O)NC(C)C)S(C)(=O)=O)cc1. The molecule has 208 valence electrons. The smallest absolute Gasteiger partial charge is 0.244 e. The minimum atomic E-state index is -3.84. The Bertz CT molecular complexity index is 1380. The summed E-state index contributed by atoms with van der Waals surface area (Å²) in [7, 11) is -3.84. The first-order chi connectivity index (χ1) is 18.4. The predicted octanol–water partition coefficient (Wildman–Crippen LogP) is 5.23. The lowest BCUT2D eigenvalue weighted by atomic mass is 10.0. The fourth-order valence-electron chi connectivity index (χ4n) is 4.11. The van der Waals surface area contributed by atoms with Crippen LogP contribution < -0.4 is 9.62 Å². The van der Waals surface area contributed by atoms with Crippen LogP contribution in [0.4, 0.5) is 5.69 Å². The van der Waals surface area contributed by atoms with Gasteiger partial charge in [-0.15, -0.1) is 0 Å². The molecule has 0 heterocycles. The van der Waals surface area contributed by atoms with Crippen LogP contribution in [-0.2, 0) is 32.6 Å². The molecule has 0 bridgehead atoms. The van der Waals surface area contributed by atoms with Crippen molar-refractivity contribution >= 4 is 50.7 Å². The van der Waals surface area contributed by atoms with Gasteiger partial charge in [-0.2, -0.15) is 0 Å². The number of hydrogen-bond donors (Lipinski definition) is 1. The average molecular weight is 591 g/mol. The molecule has 2 amide bonds. The molecule has 0 radical (unpaired) electrons. The number of nitrogens with one attached hydrogen (secondary N) is 1. The Labute approximate surface area is 240 Å². The third kappa shape index (κ3) is 8.46. The van der Waals surface area contributed by atoms with Crippen molar-refractivity contribution in [2.75, 3.05) is 17.1 Å². The molecule has 3 rings (SSSR count). The second-order valence-corrected chi connectivity index (χ2v) is 12.4. The van der Waals surface area contributed by atoms with E-state index in [2.05, 4.69) is 5.32 Å². The van der Waals surface area contributed by atoms with E-state index in [1.165, 1.54) is 4.90 Å². The molecule has 1 N–H and O–H groups in total. The summed E-state index contributed by atoms with van der Waals surface area (Å²) < 4.78 is 26.7. The zero-order valence-corrected chi connectivity index (χ0v) is 24.7. The van der Waals surface area contributed by atoms with Gasteiger partial charge in [0.15, 0.2) is 0 Å². The summed E-state index contributed by atoms with van der Waals surface area (Å²) in [5, 5.41) is 3.57. The van der Waals surface area contributed by atoms with E-state index in [9.17, 15) is 18.0 Å². The van der Waals surface area contributed by atoms with Crippen LogP contribution in [0, 0.1) is 6.92 Å². The third-order valence-corrected chi connectivity index (χ3v) is 7.94. The number of carbonyl (C=O) groups is 2. The fourth-order valence-corrected chi connectivity index (χ4v) is 5.48. The Morgan fingerprint density at radius 3 is 2.03 bits per heavy atom. The molecule has 0 saturated heterocycles. The number of sulfonamides is 1. The molecular weight excluding hydrogens is 557 g/mol. The van der Waals surface area contributed by atoms with Gasteiger partial charge in [0.25, 0.3) is 0 Å². The van der Waals surface area contributed by atoms with Crippen molar-refractivity contribution in [3.05, 3.63) is 99.5 Å². The molecule has 10 heteroatoms. The van der Waals surface area contributed by atoms with Crippen LogP contribution in [0.1, 0.15) is 30.5 Å². The maximum absolute atomic E-state index is 14.0. The molecule has 0 spiro atoms. The maximum Gasteiger partial charge on any atom is 0.244 e. The van der Waals surface area contributed by atoms with Crippen LogP contribution in [0.2, 0.25) is 10.0 Å².